The summed E-state index contributed by atoms with van der Waals surface area (Å²) in [6, 6.07) is 5.90. The molecule has 0 aliphatic rings. The van der Waals surface area contributed by atoms with E-state index in [0.29, 0.717) is 12.2 Å². The monoisotopic (exact) mass is 306 g/mol. The fourth-order valence-corrected chi connectivity index (χ4v) is 2.67. The van der Waals surface area contributed by atoms with E-state index in [2.05, 4.69) is 40.9 Å². The Bertz CT molecular complexity index is 589. The molecule has 4 nitrogen and oxygen atoms in total. The Morgan fingerprint density at radius 3 is 2.83 bits per heavy atom. The quantitative estimate of drug-likeness (QED) is 0.872. The van der Waals surface area contributed by atoms with Gasteiger partial charge in [-0.1, -0.05) is 6.92 Å². The van der Waals surface area contributed by atoms with Crippen LogP contribution in [0.1, 0.15) is 30.9 Å². The molecule has 2 heterocycles. The van der Waals surface area contributed by atoms with Gasteiger partial charge in [-0.15, -0.1) is 0 Å². The van der Waals surface area contributed by atoms with E-state index in [1.165, 1.54) is 0 Å². The lowest BCUT2D eigenvalue weighted by atomic mass is 10.3. The van der Waals surface area contributed by atoms with Gasteiger partial charge in [0.25, 0.3) is 0 Å². The summed E-state index contributed by atoms with van der Waals surface area (Å²) >= 11 is 3.62. The third-order valence-corrected chi connectivity index (χ3v) is 3.87. The van der Waals surface area contributed by atoms with Gasteiger partial charge in [-0.3, -0.25) is 4.68 Å². The summed E-state index contributed by atoms with van der Waals surface area (Å²) in [5, 5.41) is 13.6. The van der Waals surface area contributed by atoms with Crippen molar-refractivity contribution in [1.29, 1.82) is 5.26 Å². The summed E-state index contributed by atoms with van der Waals surface area (Å²) < 4.78 is 4.99. The maximum Gasteiger partial charge on any atom is 0.120 e. The molecule has 0 amide bonds. The van der Waals surface area contributed by atoms with Crippen molar-refractivity contribution in [3.63, 3.8) is 0 Å². The summed E-state index contributed by atoms with van der Waals surface area (Å²) in [5.41, 5.74) is 2.85. The molecular weight excluding hydrogens is 292 g/mol. The topological polar surface area (TPSA) is 46.5 Å². The standard InChI is InChI=1S/C13H15BrN4/c1-3-11-13(14)12(18(4-2)16-11)9-17-7-5-6-10(17)8-15/h5-7H,3-4,9H2,1-2H3. The Morgan fingerprint density at radius 1 is 1.44 bits per heavy atom. The fraction of sp³-hybridized carbons (Fsp3) is 0.385. The second-order valence-corrected chi connectivity index (χ2v) is 4.80. The molecule has 0 bridgehead atoms. The predicted molar refractivity (Wildman–Crippen MR) is 73.2 cm³/mol. The molecule has 0 N–H and O–H groups in total. The minimum absolute atomic E-state index is 0.664. The lowest BCUT2D eigenvalue weighted by Gasteiger charge is -2.07. The van der Waals surface area contributed by atoms with Crippen LogP contribution >= 0.6 is 15.9 Å². The van der Waals surface area contributed by atoms with Crippen LogP contribution in [0.2, 0.25) is 0 Å². The van der Waals surface area contributed by atoms with Crippen molar-refractivity contribution in [3.05, 3.63) is 39.9 Å². The predicted octanol–water partition coefficient (Wildman–Crippen LogP) is 2.95. The van der Waals surface area contributed by atoms with E-state index in [9.17, 15) is 0 Å². The summed E-state index contributed by atoms with van der Waals surface area (Å²) in [6.45, 7) is 5.66. The van der Waals surface area contributed by atoms with Crippen LogP contribution in [0.5, 0.6) is 0 Å². The highest BCUT2D eigenvalue weighted by molar-refractivity contribution is 9.10. The zero-order valence-electron chi connectivity index (χ0n) is 10.5. The highest BCUT2D eigenvalue weighted by atomic mass is 79.9. The van der Waals surface area contributed by atoms with Crippen LogP contribution in [-0.2, 0) is 19.5 Å². The van der Waals surface area contributed by atoms with Gasteiger partial charge in [0, 0.05) is 12.7 Å². The SMILES string of the molecule is CCc1nn(CC)c(Cn2cccc2C#N)c1Br. The number of aromatic nitrogens is 3. The Hall–Kier alpha value is -1.54. The van der Waals surface area contributed by atoms with Crippen LogP contribution in [0.4, 0.5) is 0 Å². The molecule has 0 saturated heterocycles. The van der Waals surface area contributed by atoms with Gasteiger partial charge >= 0.3 is 0 Å². The van der Waals surface area contributed by atoms with Crippen LogP contribution in [0.25, 0.3) is 0 Å². The van der Waals surface area contributed by atoms with Gasteiger partial charge in [-0.05, 0) is 41.4 Å². The molecule has 0 aliphatic heterocycles. The van der Waals surface area contributed by atoms with Crippen molar-refractivity contribution in [2.24, 2.45) is 0 Å². The molecule has 2 aromatic rings. The smallest absolute Gasteiger partial charge is 0.120 e. The first-order chi connectivity index (χ1) is 8.71. The second-order valence-electron chi connectivity index (χ2n) is 4.01. The van der Waals surface area contributed by atoms with Gasteiger partial charge in [0.2, 0.25) is 0 Å². The Balaban J connectivity index is 2.40. The Morgan fingerprint density at radius 2 is 2.22 bits per heavy atom. The van der Waals surface area contributed by atoms with Crippen molar-refractivity contribution in [2.75, 3.05) is 0 Å². The number of nitriles is 1. The number of rotatable bonds is 4. The largest absolute Gasteiger partial charge is 0.333 e. The molecule has 94 valence electrons. The van der Waals surface area contributed by atoms with E-state index in [1.54, 1.807) is 0 Å². The minimum Gasteiger partial charge on any atom is -0.333 e. The van der Waals surface area contributed by atoms with Gasteiger partial charge in [-0.25, -0.2) is 0 Å². The van der Waals surface area contributed by atoms with Crippen molar-refractivity contribution in [3.8, 4) is 6.07 Å². The number of halogens is 1. The average Bonchev–Trinajstić information content (AvgIpc) is 2.95. The third kappa shape index (κ3) is 2.21. The molecule has 0 aliphatic carbocycles. The molecule has 0 radical (unpaired) electrons. The van der Waals surface area contributed by atoms with E-state index in [1.807, 2.05) is 27.6 Å². The molecule has 2 rings (SSSR count). The van der Waals surface area contributed by atoms with Crippen molar-refractivity contribution in [2.45, 2.75) is 33.4 Å². The van der Waals surface area contributed by atoms with Gasteiger partial charge in [0.15, 0.2) is 0 Å². The van der Waals surface area contributed by atoms with Crippen LogP contribution in [0.3, 0.4) is 0 Å². The first-order valence-corrected chi connectivity index (χ1v) is 6.79. The molecule has 0 unspecified atom stereocenters. The van der Waals surface area contributed by atoms with Gasteiger partial charge in [-0.2, -0.15) is 10.4 Å². The number of aryl methyl sites for hydroxylation is 2. The summed E-state index contributed by atoms with van der Waals surface area (Å²) in [6.07, 6.45) is 2.82. The lowest BCUT2D eigenvalue weighted by molar-refractivity contribution is 0.593. The highest BCUT2D eigenvalue weighted by Gasteiger charge is 2.14. The van der Waals surface area contributed by atoms with E-state index in [4.69, 9.17) is 5.26 Å². The maximum absolute atomic E-state index is 9.03. The van der Waals surface area contributed by atoms with Gasteiger partial charge < -0.3 is 4.57 Å². The van der Waals surface area contributed by atoms with Crippen LogP contribution in [0, 0.1) is 11.3 Å². The minimum atomic E-state index is 0.664. The first kappa shape index (κ1) is 12.9. The third-order valence-electron chi connectivity index (χ3n) is 2.96. The highest BCUT2D eigenvalue weighted by Crippen LogP contribution is 2.23. The number of hydrogen-bond donors (Lipinski definition) is 0. The number of hydrogen-bond acceptors (Lipinski definition) is 2. The lowest BCUT2D eigenvalue weighted by Crippen LogP contribution is -2.08. The molecule has 18 heavy (non-hydrogen) atoms. The van der Waals surface area contributed by atoms with Crippen LogP contribution < -0.4 is 0 Å². The molecule has 0 fully saturated rings. The summed E-state index contributed by atoms with van der Waals surface area (Å²) in [7, 11) is 0. The van der Waals surface area contributed by atoms with Crippen molar-refractivity contribution < 1.29 is 0 Å². The Kier molecular flexibility index (Phi) is 3.87. The van der Waals surface area contributed by atoms with E-state index in [-0.39, 0.29) is 0 Å². The molecule has 0 spiro atoms. The molecule has 0 atom stereocenters. The average molecular weight is 307 g/mol. The van der Waals surface area contributed by atoms with Gasteiger partial charge in [0.05, 0.1) is 22.4 Å². The maximum atomic E-state index is 9.03. The molecular formula is C13H15BrN4. The molecule has 2 aromatic heterocycles. The van der Waals surface area contributed by atoms with Crippen molar-refractivity contribution >= 4 is 15.9 Å². The normalized spacial score (nSPS) is 10.6. The second kappa shape index (κ2) is 5.40. The zero-order valence-corrected chi connectivity index (χ0v) is 12.1. The van der Waals surface area contributed by atoms with E-state index in [0.717, 1.165) is 28.8 Å². The molecule has 0 saturated carbocycles. The first-order valence-electron chi connectivity index (χ1n) is 6.00. The summed E-state index contributed by atoms with van der Waals surface area (Å²) in [4.78, 5) is 0. The Labute approximate surface area is 115 Å². The zero-order chi connectivity index (χ0) is 13.1. The number of nitrogens with zero attached hydrogens (tertiary/aromatic N) is 4. The van der Waals surface area contributed by atoms with E-state index < -0.39 is 0 Å². The molecule has 5 heteroatoms. The summed E-state index contributed by atoms with van der Waals surface area (Å²) in [5.74, 6) is 0. The fourth-order valence-electron chi connectivity index (χ4n) is 1.98. The van der Waals surface area contributed by atoms with Crippen LogP contribution in [0.15, 0.2) is 22.8 Å². The van der Waals surface area contributed by atoms with Crippen molar-refractivity contribution in [1.82, 2.24) is 14.3 Å². The van der Waals surface area contributed by atoms with Gasteiger partial charge in [0.1, 0.15) is 11.8 Å². The van der Waals surface area contributed by atoms with E-state index >= 15 is 0 Å². The molecule has 0 aromatic carbocycles. The van der Waals surface area contributed by atoms with Crippen LogP contribution in [-0.4, -0.2) is 14.3 Å².